The van der Waals surface area contributed by atoms with Crippen LogP contribution in [0.2, 0.25) is 0 Å². The average molecular weight is 152 g/mol. The van der Waals surface area contributed by atoms with Gasteiger partial charge in [0, 0.05) is 12.4 Å². The van der Waals surface area contributed by atoms with Crippen LogP contribution in [0, 0.1) is 0 Å². The molecule has 0 aliphatic rings. The largest absolute Gasteiger partial charge is 0.474 e. The smallest absolute Gasteiger partial charge is 0.232 e. The van der Waals surface area contributed by atoms with Gasteiger partial charge in [-0.25, -0.2) is 4.98 Å². The van der Waals surface area contributed by atoms with Crippen LogP contribution in [0.15, 0.2) is 18.6 Å². The quantitative estimate of drug-likeness (QED) is 0.660. The van der Waals surface area contributed by atoms with Gasteiger partial charge in [-0.2, -0.15) is 0 Å². The van der Waals surface area contributed by atoms with E-state index in [4.69, 9.17) is 4.74 Å². The van der Waals surface area contributed by atoms with Crippen molar-refractivity contribution < 1.29 is 4.74 Å². The molecule has 1 aromatic heterocycles. The van der Waals surface area contributed by atoms with E-state index < -0.39 is 0 Å². The van der Waals surface area contributed by atoms with E-state index in [0.717, 1.165) is 6.42 Å². The Hall–Kier alpha value is -1.12. The zero-order valence-electron chi connectivity index (χ0n) is 6.82. The number of ether oxygens (including phenoxy) is 1. The van der Waals surface area contributed by atoms with Gasteiger partial charge < -0.3 is 4.74 Å². The summed E-state index contributed by atoms with van der Waals surface area (Å²) in [6.07, 6.45) is 6.07. The van der Waals surface area contributed by atoms with Crippen molar-refractivity contribution in [1.82, 2.24) is 9.97 Å². The van der Waals surface area contributed by atoms with E-state index in [1.54, 1.807) is 18.6 Å². The second-order valence-corrected chi connectivity index (χ2v) is 2.38. The third-order valence-corrected chi connectivity index (χ3v) is 1.44. The van der Waals surface area contributed by atoms with Crippen LogP contribution in [0.1, 0.15) is 20.3 Å². The molecule has 0 saturated heterocycles. The van der Waals surface area contributed by atoms with Crippen molar-refractivity contribution in [2.75, 3.05) is 0 Å². The van der Waals surface area contributed by atoms with Crippen molar-refractivity contribution in [3.05, 3.63) is 18.6 Å². The van der Waals surface area contributed by atoms with Crippen LogP contribution in [0.3, 0.4) is 0 Å². The van der Waals surface area contributed by atoms with Crippen LogP contribution in [0.25, 0.3) is 0 Å². The number of nitrogens with zero attached hydrogens (tertiary/aromatic N) is 2. The average Bonchev–Trinajstić information content (AvgIpc) is 2.06. The van der Waals surface area contributed by atoms with Gasteiger partial charge in [0.2, 0.25) is 5.88 Å². The van der Waals surface area contributed by atoms with Crippen molar-refractivity contribution in [2.45, 2.75) is 26.4 Å². The lowest BCUT2D eigenvalue weighted by Crippen LogP contribution is -2.10. The molecule has 0 saturated carbocycles. The molecule has 0 aliphatic heterocycles. The fourth-order valence-electron chi connectivity index (χ4n) is 0.636. The SMILES string of the molecule is CC[C@H](C)Oc1cnccn1. The molecule has 0 spiro atoms. The van der Waals surface area contributed by atoms with Crippen LogP contribution < -0.4 is 4.74 Å². The number of aromatic nitrogens is 2. The van der Waals surface area contributed by atoms with Crippen LogP contribution in [-0.2, 0) is 0 Å². The Morgan fingerprint density at radius 3 is 2.91 bits per heavy atom. The molecule has 60 valence electrons. The molecule has 0 unspecified atom stereocenters. The van der Waals surface area contributed by atoms with Gasteiger partial charge in [0.25, 0.3) is 0 Å². The Labute approximate surface area is 66.4 Å². The molecule has 1 atom stereocenters. The Balaban J connectivity index is 2.51. The maximum atomic E-state index is 5.39. The second kappa shape index (κ2) is 3.91. The first-order chi connectivity index (χ1) is 5.33. The van der Waals surface area contributed by atoms with Crippen LogP contribution in [0.5, 0.6) is 5.88 Å². The summed E-state index contributed by atoms with van der Waals surface area (Å²) < 4.78 is 5.39. The lowest BCUT2D eigenvalue weighted by molar-refractivity contribution is 0.207. The molecule has 11 heavy (non-hydrogen) atoms. The van der Waals surface area contributed by atoms with E-state index in [2.05, 4.69) is 16.9 Å². The van der Waals surface area contributed by atoms with Crippen molar-refractivity contribution in [2.24, 2.45) is 0 Å². The van der Waals surface area contributed by atoms with Crippen LogP contribution in [0.4, 0.5) is 0 Å². The first-order valence-corrected chi connectivity index (χ1v) is 3.75. The van der Waals surface area contributed by atoms with Crippen LogP contribution in [-0.4, -0.2) is 16.1 Å². The highest BCUT2D eigenvalue weighted by Gasteiger charge is 1.99. The van der Waals surface area contributed by atoms with Crippen molar-refractivity contribution in [3.8, 4) is 5.88 Å². The van der Waals surface area contributed by atoms with Gasteiger partial charge in [-0.1, -0.05) is 6.92 Å². The topological polar surface area (TPSA) is 35.0 Å². The van der Waals surface area contributed by atoms with E-state index in [1.165, 1.54) is 0 Å². The molecular formula is C8H12N2O. The minimum absolute atomic E-state index is 0.215. The van der Waals surface area contributed by atoms with Gasteiger partial charge in [-0.3, -0.25) is 4.98 Å². The van der Waals surface area contributed by atoms with Gasteiger partial charge in [-0.15, -0.1) is 0 Å². The highest BCUT2D eigenvalue weighted by molar-refractivity contribution is 5.01. The Bertz CT molecular complexity index is 201. The van der Waals surface area contributed by atoms with Gasteiger partial charge in [-0.05, 0) is 13.3 Å². The number of rotatable bonds is 3. The molecule has 0 N–H and O–H groups in total. The molecule has 0 aromatic carbocycles. The van der Waals surface area contributed by atoms with E-state index in [1.807, 2.05) is 6.92 Å². The van der Waals surface area contributed by atoms with Crippen LogP contribution >= 0.6 is 0 Å². The second-order valence-electron chi connectivity index (χ2n) is 2.38. The normalized spacial score (nSPS) is 12.5. The molecule has 0 aliphatic carbocycles. The summed E-state index contributed by atoms with van der Waals surface area (Å²) in [5.74, 6) is 0.599. The molecule has 0 radical (unpaired) electrons. The summed E-state index contributed by atoms with van der Waals surface area (Å²) in [5, 5.41) is 0. The zero-order chi connectivity index (χ0) is 8.10. The molecule has 1 aromatic rings. The highest BCUT2D eigenvalue weighted by Crippen LogP contribution is 2.05. The number of hydrogen-bond donors (Lipinski definition) is 0. The first-order valence-electron chi connectivity index (χ1n) is 3.75. The van der Waals surface area contributed by atoms with E-state index in [-0.39, 0.29) is 6.10 Å². The minimum atomic E-state index is 0.215. The Morgan fingerprint density at radius 2 is 2.36 bits per heavy atom. The third-order valence-electron chi connectivity index (χ3n) is 1.44. The molecule has 3 heteroatoms. The Kier molecular flexibility index (Phi) is 2.83. The Morgan fingerprint density at radius 1 is 1.55 bits per heavy atom. The van der Waals surface area contributed by atoms with Crippen molar-refractivity contribution in [3.63, 3.8) is 0 Å². The highest BCUT2D eigenvalue weighted by atomic mass is 16.5. The lowest BCUT2D eigenvalue weighted by Gasteiger charge is -2.09. The summed E-state index contributed by atoms with van der Waals surface area (Å²) in [5.41, 5.74) is 0. The molecule has 0 amide bonds. The van der Waals surface area contributed by atoms with Gasteiger partial charge in [0.1, 0.15) is 0 Å². The maximum Gasteiger partial charge on any atom is 0.232 e. The summed E-state index contributed by atoms with van der Waals surface area (Å²) >= 11 is 0. The van der Waals surface area contributed by atoms with E-state index in [9.17, 15) is 0 Å². The maximum absolute atomic E-state index is 5.39. The summed E-state index contributed by atoms with van der Waals surface area (Å²) in [6, 6.07) is 0. The standard InChI is InChI=1S/C8H12N2O/c1-3-7(2)11-8-6-9-4-5-10-8/h4-7H,3H2,1-2H3/t7-/m0/s1. The fourth-order valence-corrected chi connectivity index (χ4v) is 0.636. The van der Waals surface area contributed by atoms with Crippen molar-refractivity contribution in [1.29, 1.82) is 0 Å². The lowest BCUT2D eigenvalue weighted by atomic mass is 10.3. The minimum Gasteiger partial charge on any atom is -0.474 e. The first kappa shape index (κ1) is 7.98. The fraction of sp³-hybridized carbons (Fsp3) is 0.500. The molecular weight excluding hydrogens is 140 g/mol. The van der Waals surface area contributed by atoms with Gasteiger partial charge >= 0.3 is 0 Å². The molecule has 1 rings (SSSR count). The molecule has 0 fully saturated rings. The monoisotopic (exact) mass is 152 g/mol. The third kappa shape index (κ3) is 2.53. The number of hydrogen-bond acceptors (Lipinski definition) is 3. The molecule has 1 heterocycles. The predicted octanol–water partition coefficient (Wildman–Crippen LogP) is 1.65. The van der Waals surface area contributed by atoms with Gasteiger partial charge in [0.05, 0.1) is 12.3 Å². The van der Waals surface area contributed by atoms with E-state index >= 15 is 0 Å². The van der Waals surface area contributed by atoms with E-state index in [0.29, 0.717) is 5.88 Å². The van der Waals surface area contributed by atoms with Crippen molar-refractivity contribution >= 4 is 0 Å². The van der Waals surface area contributed by atoms with Gasteiger partial charge in [0.15, 0.2) is 0 Å². The summed E-state index contributed by atoms with van der Waals surface area (Å²) in [6.45, 7) is 4.08. The molecule has 0 bridgehead atoms. The summed E-state index contributed by atoms with van der Waals surface area (Å²) in [7, 11) is 0. The molecule has 3 nitrogen and oxygen atoms in total. The predicted molar refractivity (Wildman–Crippen MR) is 42.4 cm³/mol. The summed E-state index contributed by atoms with van der Waals surface area (Å²) in [4.78, 5) is 7.87. The zero-order valence-corrected chi connectivity index (χ0v) is 6.82.